The molecule has 142 valence electrons. The van der Waals surface area contributed by atoms with E-state index >= 15 is 0 Å². The molecule has 0 aromatic carbocycles. The molecule has 0 bridgehead atoms. The number of nitrogens with one attached hydrogen (secondary N) is 3. The van der Waals surface area contributed by atoms with E-state index in [1.54, 1.807) is 0 Å². The molecule has 1 aromatic heterocycles. The van der Waals surface area contributed by atoms with Crippen molar-refractivity contribution in [1.29, 1.82) is 0 Å². The van der Waals surface area contributed by atoms with Gasteiger partial charge < -0.3 is 15.4 Å². The molecule has 9 heteroatoms. The van der Waals surface area contributed by atoms with Crippen LogP contribution in [0.2, 0.25) is 0 Å². The highest BCUT2D eigenvalue weighted by atomic mass is 32.2. The number of rotatable bonds is 9. The highest BCUT2D eigenvalue weighted by Crippen LogP contribution is 2.23. The maximum absolute atomic E-state index is 11.0. The maximum Gasteiger partial charge on any atom is 0.208 e. The van der Waals surface area contributed by atoms with Crippen LogP contribution >= 0.6 is 0 Å². The second-order valence-corrected chi connectivity index (χ2v) is 8.54. The highest BCUT2D eigenvalue weighted by Gasteiger charge is 2.28. The Balaban J connectivity index is 1.84. The van der Waals surface area contributed by atoms with Gasteiger partial charge in [0.2, 0.25) is 10.0 Å². The Kier molecular flexibility index (Phi) is 7.39. The number of nitrogens with zero attached hydrogens (tertiary/aromatic N) is 2. The van der Waals surface area contributed by atoms with Gasteiger partial charge in [0, 0.05) is 25.8 Å². The SMILES string of the molecule is CC(C)C1OCCCC1Nc1cc(NCCCNS(C)(=O)=O)ncn1. The van der Waals surface area contributed by atoms with Crippen LogP contribution in [0.4, 0.5) is 11.6 Å². The van der Waals surface area contributed by atoms with E-state index in [2.05, 4.69) is 39.2 Å². The van der Waals surface area contributed by atoms with Crippen LogP contribution in [0.25, 0.3) is 0 Å². The van der Waals surface area contributed by atoms with Crippen LogP contribution in [0.15, 0.2) is 12.4 Å². The van der Waals surface area contributed by atoms with Crippen LogP contribution in [0.5, 0.6) is 0 Å². The molecule has 2 rings (SSSR count). The summed E-state index contributed by atoms with van der Waals surface area (Å²) in [6, 6.07) is 2.12. The second kappa shape index (κ2) is 9.30. The van der Waals surface area contributed by atoms with Gasteiger partial charge in [-0.05, 0) is 25.2 Å². The van der Waals surface area contributed by atoms with Crippen LogP contribution in [-0.4, -0.2) is 56.5 Å². The summed E-state index contributed by atoms with van der Waals surface area (Å²) in [4.78, 5) is 8.50. The van der Waals surface area contributed by atoms with Crippen molar-refractivity contribution in [3.63, 3.8) is 0 Å². The molecule has 1 saturated heterocycles. The van der Waals surface area contributed by atoms with Crippen molar-refractivity contribution in [2.24, 2.45) is 5.92 Å². The van der Waals surface area contributed by atoms with E-state index in [9.17, 15) is 8.42 Å². The van der Waals surface area contributed by atoms with Gasteiger partial charge in [-0.15, -0.1) is 0 Å². The third-order valence-electron chi connectivity index (χ3n) is 4.05. The molecule has 1 aromatic rings. The zero-order valence-corrected chi connectivity index (χ0v) is 16.0. The van der Waals surface area contributed by atoms with E-state index in [0.717, 1.165) is 37.3 Å². The fourth-order valence-electron chi connectivity index (χ4n) is 2.90. The van der Waals surface area contributed by atoms with Crippen molar-refractivity contribution in [3.8, 4) is 0 Å². The Bertz CT molecular complexity index is 638. The lowest BCUT2D eigenvalue weighted by atomic mass is 9.94. The fourth-order valence-corrected chi connectivity index (χ4v) is 3.41. The van der Waals surface area contributed by atoms with Crippen molar-refractivity contribution >= 4 is 21.7 Å². The lowest BCUT2D eigenvalue weighted by molar-refractivity contribution is -0.0203. The average Bonchev–Trinajstić information content (AvgIpc) is 2.54. The molecular weight excluding hydrogens is 342 g/mol. The Morgan fingerprint density at radius 1 is 1.28 bits per heavy atom. The first-order valence-corrected chi connectivity index (χ1v) is 10.6. The largest absolute Gasteiger partial charge is 0.376 e. The summed E-state index contributed by atoms with van der Waals surface area (Å²) in [5, 5.41) is 6.65. The number of sulfonamides is 1. The standard InChI is InChI=1S/C16H29N5O3S/c1-12(2)16-13(6-4-9-24-16)21-15-10-14(18-11-19-15)17-7-5-8-20-25(3,22)23/h10-13,16,20H,4-9H2,1-3H3,(H2,17,18,19,21). The topological polar surface area (TPSA) is 105 Å². The van der Waals surface area contributed by atoms with Gasteiger partial charge in [0.25, 0.3) is 0 Å². The molecule has 25 heavy (non-hydrogen) atoms. The third-order valence-corrected chi connectivity index (χ3v) is 4.78. The number of ether oxygens (including phenoxy) is 1. The monoisotopic (exact) mass is 371 g/mol. The summed E-state index contributed by atoms with van der Waals surface area (Å²) < 4.78 is 30.4. The molecule has 3 N–H and O–H groups in total. The highest BCUT2D eigenvalue weighted by molar-refractivity contribution is 7.88. The van der Waals surface area contributed by atoms with Crippen LogP contribution in [0.3, 0.4) is 0 Å². The van der Waals surface area contributed by atoms with E-state index in [0.29, 0.717) is 25.4 Å². The van der Waals surface area contributed by atoms with E-state index in [1.165, 1.54) is 6.33 Å². The molecule has 0 amide bonds. The van der Waals surface area contributed by atoms with Crippen LogP contribution < -0.4 is 15.4 Å². The molecule has 2 atom stereocenters. The minimum absolute atomic E-state index is 0.183. The van der Waals surface area contributed by atoms with E-state index in [1.807, 2.05) is 6.07 Å². The fraction of sp³-hybridized carbons (Fsp3) is 0.750. The van der Waals surface area contributed by atoms with Gasteiger partial charge in [-0.3, -0.25) is 0 Å². The number of anilines is 2. The predicted octanol–water partition coefficient (Wildman–Crippen LogP) is 1.44. The lowest BCUT2D eigenvalue weighted by Gasteiger charge is -2.35. The van der Waals surface area contributed by atoms with Crippen LogP contribution in [0, 0.1) is 5.92 Å². The summed E-state index contributed by atoms with van der Waals surface area (Å²) in [6.07, 6.45) is 5.64. The van der Waals surface area contributed by atoms with Gasteiger partial charge in [0.15, 0.2) is 0 Å². The molecule has 2 heterocycles. The molecule has 0 saturated carbocycles. The molecule has 1 fully saturated rings. The smallest absolute Gasteiger partial charge is 0.208 e. The lowest BCUT2D eigenvalue weighted by Crippen LogP contribution is -2.43. The van der Waals surface area contributed by atoms with Gasteiger partial charge >= 0.3 is 0 Å². The summed E-state index contributed by atoms with van der Waals surface area (Å²) in [7, 11) is -3.13. The number of hydrogen-bond acceptors (Lipinski definition) is 7. The second-order valence-electron chi connectivity index (χ2n) is 6.71. The summed E-state index contributed by atoms with van der Waals surface area (Å²) in [5.74, 6) is 1.93. The molecule has 0 spiro atoms. The van der Waals surface area contributed by atoms with Gasteiger partial charge in [-0.2, -0.15) is 0 Å². The molecule has 0 radical (unpaired) electrons. The van der Waals surface area contributed by atoms with E-state index in [4.69, 9.17) is 4.74 Å². The zero-order valence-electron chi connectivity index (χ0n) is 15.2. The maximum atomic E-state index is 11.0. The molecule has 1 aliphatic rings. The van der Waals surface area contributed by atoms with Gasteiger partial charge in [0.05, 0.1) is 18.4 Å². The van der Waals surface area contributed by atoms with Gasteiger partial charge in [-0.1, -0.05) is 13.8 Å². The summed E-state index contributed by atoms with van der Waals surface area (Å²) in [5.41, 5.74) is 0. The van der Waals surface area contributed by atoms with Crippen LogP contribution in [0.1, 0.15) is 33.1 Å². The molecular formula is C16H29N5O3S. The first kappa shape index (κ1) is 19.9. The Hall–Kier alpha value is -1.45. The first-order valence-electron chi connectivity index (χ1n) is 8.74. The van der Waals surface area contributed by atoms with Crippen molar-refractivity contribution in [3.05, 3.63) is 12.4 Å². The van der Waals surface area contributed by atoms with Crippen molar-refractivity contribution < 1.29 is 13.2 Å². The molecule has 2 unspecified atom stereocenters. The Morgan fingerprint density at radius 2 is 2.04 bits per heavy atom. The summed E-state index contributed by atoms with van der Waals surface area (Å²) in [6.45, 7) is 6.18. The molecule has 1 aliphatic heterocycles. The normalized spacial score (nSPS) is 21.3. The van der Waals surface area contributed by atoms with Gasteiger partial charge in [-0.25, -0.2) is 23.1 Å². The van der Waals surface area contributed by atoms with E-state index < -0.39 is 10.0 Å². The van der Waals surface area contributed by atoms with Crippen molar-refractivity contribution in [1.82, 2.24) is 14.7 Å². The Morgan fingerprint density at radius 3 is 2.76 bits per heavy atom. The van der Waals surface area contributed by atoms with Crippen molar-refractivity contribution in [2.75, 3.05) is 36.6 Å². The predicted molar refractivity (Wildman–Crippen MR) is 99.2 cm³/mol. The van der Waals surface area contributed by atoms with Crippen LogP contribution in [-0.2, 0) is 14.8 Å². The first-order chi connectivity index (χ1) is 11.8. The third kappa shape index (κ3) is 7.13. The zero-order chi connectivity index (χ0) is 18.3. The Labute approximate surface area is 150 Å². The average molecular weight is 372 g/mol. The quantitative estimate of drug-likeness (QED) is 0.564. The van der Waals surface area contributed by atoms with Gasteiger partial charge in [0.1, 0.15) is 18.0 Å². The van der Waals surface area contributed by atoms with E-state index in [-0.39, 0.29) is 12.1 Å². The molecule has 0 aliphatic carbocycles. The number of hydrogen-bond donors (Lipinski definition) is 3. The minimum Gasteiger partial charge on any atom is -0.376 e. The summed E-state index contributed by atoms with van der Waals surface area (Å²) >= 11 is 0. The molecule has 8 nitrogen and oxygen atoms in total. The minimum atomic E-state index is -3.13. The number of aromatic nitrogens is 2. The van der Waals surface area contributed by atoms with Crippen molar-refractivity contribution in [2.45, 2.75) is 45.3 Å².